The molecule has 0 aliphatic carbocycles. The Hall–Kier alpha value is -3.59. The first-order chi connectivity index (χ1) is 15.5. The highest BCUT2D eigenvalue weighted by Gasteiger charge is 2.33. The summed E-state index contributed by atoms with van der Waals surface area (Å²) in [7, 11) is 0. The summed E-state index contributed by atoms with van der Waals surface area (Å²) in [5.41, 5.74) is 6.13. The smallest absolute Gasteiger partial charge is 0.338 e. The highest BCUT2D eigenvalue weighted by molar-refractivity contribution is 5.99. The van der Waals surface area contributed by atoms with Gasteiger partial charge in [0.1, 0.15) is 18.1 Å². The first-order valence-corrected chi connectivity index (χ1v) is 10.4. The molecule has 2 aliphatic heterocycles. The van der Waals surface area contributed by atoms with Crippen molar-refractivity contribution in [2.75, 3.05) is 31.3 Å². The van der Waals surface area contributed by atoms with Crippen LogP contribution in [0.25, 0.3) is 0 Å². The maximum absolute atomic E-state index is 12.7. The molecule has 2 aromatic rings. The van der Waals surface area contributed by atoms with E-state index in [1.165, 1.54) is 4.90 Å². The Bertz CT molecular complexity index is 986. The molecular weight excluding hydrogens is 416 g/mol. The molecule has 2 heterocycles. The Kier molecular flexibility index (Phi) is 6.55. The molecule has 0 radical (unpaired) electrons. The number of carbonyl (C=O) groups excluding carboxylic acids is 3. The molecule has 2 atom stereocenters. The first kappa shape index (κ1) is 21.6. The number of carbonyl (C=O) groups is 3. The topological polar surface area (TPSA) is 117 Å². The van der Waals surface area contributed by atoms with Crippen molar-refractivity contribution in [3.63, 3.8) is 0 Å². The summed E-state index contributed by atoms with van der Waals surface area (Å²) in [5, 5.41) is 0. The van der Waals surface area contributed by atoms with Crippen LogP contribution in [0.2, 0.25) is 0 Å². The monoisotopic (exact) mass is 440 g/mol. The number of hydrogen-bond acceptors (Lipinski definition) is 7. The van der Waals surface area contributed by atoms with E-state index in [-0.39, 0.29) is 12.6 Å². The van der Waals surface area contributed by atoms with Crippen LogP contribution in [-0.4, -0.2) is 56.4 Å². The van der Waals surface area contributed by atoms with Gasteiger partial charge in [-0.15, -0.1) is 0 Å². The van der Waals surface area contributed by atoms with Crippen LogP contribution in [0.15, 0.2) is 48.5 Å². The average molecular weight is 440 g/mol. The van der Waals surface area contributed by atoms with Crippen LogP contribution in [0.3, 0.4) is 0 Å². The van der Waals surface area contributed by atoms with Gasteiger partial charge in [0.15, 0.2) is 12.7 Å². The first-order valence-electron chi connectivity index (χ1n) is 10.4. The summed E-state index contributed by atoms with van der Waals surface area (Å²) < 4.78 is 21.9. The Morgan fingerprint density at radius 1 is 1.09 bits per heavy atom. The molecule has 4 rings (SSSR count). The number of benzene rings is 2. The Labute approximate surface area is 185 Å². The molecule has 0 aromatic heterocycles. The van der Waals surface area contributed by atoms with E-state index in [1.54, 1.807) is 48.5 Å². The Morgan fingerprint density at radius 2 is 1.88 bits per heavy atom. The molecule has 2 amide bonds. The lowest BCUT2D eigenvalue weighted by Gasteiger charge is -2.33. The number of nitrogens with two attached hydrogens (primary N) is 1. The molecule has 0 spiro atoms. The predicted octanol–water partition coefficient (Wildman–Crippen LogP) is 1.68. The molecule has 9 heteroatoms. The van der Waals surface area contributed by atoms with E-state index in [1.807, 2.05) is 0 Å². The van der Waals surface area contributed by atoms with Gasteiger partial charge in [0.25, 0.3) is 11.8 Å². The summed E-state index contributed by atoms with van der Waals surface area (Å²) in [4.78, 5) is 38.0. The number of hydrogen-bond donors (Lipinski definition) is 1. The molecule has 168 valence electrons. The minimum absolute atomic E-state index is 0.0561. The van der Waals surface area contributed by atoms with E-state index in [4.69, 9.17) is 24.7 Å². The van der Waals surface area contributed by atoms with Crippen LogP contribution < -0.4 is 20.1 Å². The number of anilines is 1. The SMILES string of the molecule is NC(=O)C1CN(C(=O)COC(=O)c2ccc(OCC3CCCO3)cc2)c2ccccc2O1. The third-order valence-corrected chi connectivity index (χ3v) is 5.27. The summed E-state index contributed by atoms with van der Waals surface area (Å²) in [5.74, 6) is -0.832. The van der Waals surface area contributed by atoms with Gasteiger partial charge in [0, 0.05) is 6.61 Å². The third-order valence-electron chi connectivity index (χ3n) is 5.27. The molecule has 2 aromatic carbocycles. The number of nitrogens with zero attached hydrogens (tertiary/aromatic N) is 1. The van der Waals surface area contributed by atoms with Crippen molar-refractivity contribution < 1.29 is 33.3 Å². The Balaban J connectivity index is 1.33. The maximum atomic E-state index is 12.7. The van der Waals surface area contributed by atoms with E-state index < -0.39 is 30.5 Å². The number of ether oxygens (including phenoxy) is 4. The van der Waals surface area contributed by atoms with Crippen molar-refractivity contribution in [2.45, 2.75) is 25.0 Å². The van der Waals surface area contributed by atoms with E-state index in [0.717, 1.165) is 19.4 Å². The van der Waals surface area contributed by atoms with Crippen molar-refractivity contribution >= 4 is 23.5 Å². The number of amides is 2. The fourth-order valence-corrected chi connectivity index (χ4v) is 3.56. The van der Waals surface area contributed by atoms with Gasteiger partial charge in [-0.25, -0.2) is 4.79 Å². The van der Waals surface area contributed by atoms with Gasteiger partial charge in [-0.2, -0.15) is 0 Å². The minimum Gasteiger partial charge on any atom is -0.491 e. The van der Waals surface area contributed by atoms with E-state index in [2.05, 4.69) is 0 Å². The highest BCUT2D eigenvalue weighted by Crippen LogP contribution is 2.33. The summed E-state index contributed by atoms with van der Waals surface area (Å²) in [6.45, 7) is 0.678. The van der Waals surface area contributed by atoms with Gasteiger partial charge in [-0.05, 0) is 49.2 Å². The zero-order chi connectivity index (χ0) is 22.5. The quantitative estimate of drug-likeness (QED) is 0.651. The second-order valence-electron chi connectivity index (χ2n) is 7.53. The summed E-state index contributed by atoms with van der Waals surface area (Å²) >= 11 is 0. The molecule has 1 saturated heterocycles. The zero-order valence-electron chi connectivity index (χ0n) is 17.4. The van der Waals surface area contributed by atoms with Crippen molar-refractivity contribution in [3.05, 3.63) is 54.1 Å². The highest BCUT2D eigenvalue weighted by atomic mass is 16.5. The van der Waals surface area contributed by atoms with Gasteiger partial charge in [-0.1, -0.05) is 12.1 Å². The molecule has 1 fully saturated rings. The van der Waals surface area contributed by atoms with E-state index >= 15 is 0 Å². The largest absolute Gasteiger partial charge is 0.491 e. The standard InChI is InChI=1S/C23H24N2O7/c24-22(27)20-12-25(18-5-1-2-6-19(18)32-20)21(26)14-31-23(28)15-7-9-16(10-8-15)30-13-17-4-3-11-29-17/h1-2,5-10,17,20H,3-4,11-14H2,(H2,24,27). The van der Waals surface area contributed by atoms with Crippen molar-refractivity contribution in [2.24, 2.45) is 5.73 Å². The predicted molar refractivity (Wildman–Crippen MR) is 114 cm³/mol. The Morgan fingerprint density at radius 3 is 2.59 bits per heavy atom. The third kappa shape index (κ3) is 5.00. The maximum Gasteiger partial charge on any atom is 0.338 e. The van der Waals surface area contributed by atoms with Crippen LogP contribution in [0.5, 0.6) is 11.5 Å². The van der Waals surface area contributed by atoms with E-state index in [9.17, 15) is 14.4 Å². The van der Waals surface area contributed by atoms with Gasteiger partial charge >= 0.3 is 5.97 Å². The van der Waals surface area contributed by atoms with Crippen molar-refractivity contribution in [3.8, 4) is 11.5 Å². The van der Waals surface area contributed by atoms with Crippen LogP contribution in [0.4, 0.5) is 5.69 Å². The molecule has 32 heavy (non-hydrogen) atoms. The fourth-order valence-electron chi connectivity index (χ4n) is 3.56. The van der Waals surface area contributed by atoms with Crippen LogP contribution >= 0.6 is 0 Å². The van der Waals surface area contributed by atoms with Crippen molar-refractivity contribution in [1.82, 2.24) is 0 Å². The molecule has 2 aliphatic rings. The van der Waals surface area contributed by atoms with E-state index in [0.29, 0.717) is 29.4 Å². The summed E-state index contributed by atoms with van der Waals surface area (Å²) in [6.07, 6.45) is 1.14. The second kappa shape index (κ2) is 9.69. The molecule has 2 unspecified atom stereocenters. The number of primary amides is 1. The van der Waals surface area contributed by atoms with Crippen molar-refractivity contribution in [1.29, 1.82) is 0 Å². The van der Waals surface area contributed by atoms with Crippen LogP contribution in [0, 0.1) is 0 Å². The molecule has 0 saturated carbocycles. The van der Waals surface area contributed by atoms with Gasteiger partial charge in [0.05, 0.1) is 23.9 Å². The molecular formula is C23H24N2O7. The van der Waals surface area contributed by atoms with Crippen LogP contribution in [0.1, 0.15) is 23.2 Å². The minimum atomic E-state index is -0.980. The lowest BCUT2D eigenvalue weighted by Crippen LogP contribution is -2.50. The number of esters is 1. The normalized spacial score (nSPS) is 19.6. The van der Waals surface area contributed by atoms with Gasteiger partial charge < -0.3 is 29.6 Å². The summed E-state index contributed by atoms with van der Waals surface area (Å²) in [6, 6.07) is 13.3. The lowest BCUT2D eigenvalue weighted by molar-refractivity contribution is -0.126. The molecule has 0 bridgehead atoms. The second-order valence-corrected chi connectivity index (χ2v) is 7.53. The zero-order valence-corrected chi connectivity index (χ0v) is 17.4. The lowest BCUT2D eigenvalue weighted by atomic mass is 10.2. The average Bonchev–Trinajstić information content (AvgIpc) is 3.34. The van der Waals surface area contributed by atoms with Gasteiger partial charge in [0.2, 0.25) is 0 Å². The fraction of sp³-hybridized carbons (Fsp3) is 0.348. The van der Waals surface area contributed by atoms with Gasteiger partial charge in [-0.3, -0.25) is 9.59 Å². The number of fused-ring (bicyclic) bond motifs is 1. The van der Waals surface area contributed by atoms with Crippen LogP contribution in [-0.2, 0) is 19.1 Å². The molecule has 9 nitrogen and oxygen atoms in total. The number of rotatable bonds is 7. The number of para-hydroxylation sites is 2. The molecule has 2 N–H and O–H groups in total.